The van der Waals surface area contributed by atoms with Gasteiger partial charge in [-0.25, -0.2) is 4.79 Å². The highest BCUT2D eigenvalue weighted by Gasteiger charge is 2.52. The summed E-state index contributed by atoms with van der Waals surface area (Å²) in [6.45, 7) is 1.25. The maximum Gasteiger partial charge on any atom is 0.416 e. The lowest BCUT2D eigenvalue weighted by atomic mass is 10.1. The monoisotopic (exact) mass is 605 g/mol. The van der Waals surface area contributed by atoms with Crippen molar-refractivity contribution in [3.8, 4) is 0 Å². The first-order valence-electron chi connectivity index (χ1n) is 12.1. The number of carbonyl (C=O) groups is 2. The average Bonchev–Trinajstić information content (AvgIpc) is 3.19. The lowest BCUT2D eigenvalue weighted by molar-refractivity contribution is -0.145. The Morgan fingerprint density at radius 2 is 1.12 bits per heavy atom. The minimum atomic E-state index is -4.72. The Bertz CT molecular complexity index is 1420. The van der Waals surface area contributed by atoms with Gasteiger partial charge in [0.25, 0.3) is 5.91 Å². The number of halogens is 9. The van der Waals surface area contributed by atoms with E-state index in [1.165, 1.54) is 6.92 Å². The molecule has 0 spiro atoms. The van der Waals surface area contributed by atoms with Crippen molar-refractivity contribution in [1.29, 1.82) is 0 Å². The summed E-state index contributed by atoms with van der Waals surface area (Å²) in [5.74, 6) is -2.02. The fraction of sp³-hybridized carbons (Fsp3) is 0.259. The first-order valence-corrected chi connectivity index (χ1v) is 12.1. The zero-order chi connectivity index (χ0) is 31.0. The summed E-state index contributed by atoms with van der Waals surface area (Å²) < 4.78 is 123. The second-order valence-corrected chi connectivity index (χ2v) is 8.95. The smallest absolute Gasteiger partial charge is 0.416 e. The molecule has 1 fully saturated rings. The molecule has 3 aromatic carbocycles. The third-order valence-corrected chi connectivity index (χ3v) is 6.24. The number of rotatable bonds is 6. The molecular weight excluding hydrogens is 585 g/mol. The van der Waals surface area contributed by atoms with Crippen molar-refractivity contribution in [2.24, 2.45) is 0 Å². The second-order valence-electron chi connectivity index (χ2n) is 8.95. The van der Waals surface area contributed by atoms with Gasteiger partial charge < -0.3 is 15.0 Å². The lowest BCUT2D eigenvalue weighted by Gasteiger charge is -2.31. The molecule has 1 amide bonds. The van der Waals surface area contributed by atoms with Crippen molar-refractivity contribution in [2.75, 3.05) is 21.7 Å². The van der Waals surface area contributed by atoms with Crippen molar-refractivity contribution in [2.45, 2.75) is 37.8 Å². The summed E-state index contributed by atoms with van der Waals surface area (Å²) in [6.07, 6.45) is -17.4. The van der Waals surface area contributed by atoms with Crippen molar-refractivity contribution in [3.63, 3.8) is 0 Å². The number of hydrogen-bond donors (Lipinski definition) is 1. The molecule has 1 heterocycles. The molecule has 0 aliphatic carbocycles. The Balaban J connectivity index is 1.83. The number of nitrogens with one attached hydrogen (secondary N) is 1. The molecule has 224 valence electrons. The van der Waals surface area contributed by atoms with Crippen LogP contribution in [0.15, 0.2) is 72.8 Å². The molecule has 0 saturated carbocycles. The van der Waals surface area contributed by atoms with Crippen molar-refractivity contribution < 1.29 is 53.8 Å². The molecule has 2 atom stereocenters. The lowest BCUT2D eigenvalue weighted by Crippen LogP contribution is -2.49. The van der Waals surface area contributed by atoms with Gasteiger partial charge in [0, 0.05) is 17.1 Å². The molecule has 4 rings (SSSR count). The van der Waals surface area contributed by atoms with Crippen LogP contribution in [0.5, 0.6) is 0 Å². The van der Waals surface area contributed by atoms with Crippen LogP contribution in [0.4, 0.5) is 56.6 Å². The Morgan fingerprint density at radius 3 is 1.52 bits per heavy atom. The van der Waals surface area contributed by atoms with E-state index in [1.807, 2.05) is 0 Å². The largest absolute Gasteiger partial charge is 0.463 e. The van der Waals surface area contributed by atoms with Crippen LogP contribution in [0.1, 0.15) is 23.6 Å². The number of anilines is 3. The standard InChI is InChI=1S/C27H20F9N3O3/c1-2-42-24(41)22-38(19-11-5-16(6-12-19)26(31,32)33)21(37-18-9-3-15(4-10-18)25(28,29)30)23(40)39(22)20-13-7-17(8-14-20)27(34,35)36/h3-14,21-22,37H,2H2,1H3/t21-,22+/m0/s1. The fourth-order valence-corrected chi connectivity index (χ4v) is 4.31. The molecule has 0 radical (unpaired) electrons. The van der Waals surface area contributed by atoms with E-state index in [0.29, 0.717) is 24.3 Å². The van der Waals surface area contributed by atoms with Crippen LogP contribution in [0.25, 0.3) is 0 Å². The Labute approximate surface area is 232 Å². The summed E-state index contributed by atoms with van der Waals surface area (Å²) in [4.78, 5) is 28.8. The van der Waals surface area contributed by atoms with Gasteiger partial charge in [0.05, 0.1) is 23.3 Å². The van der Waals surface area contributed by atoms with E-state index in [4.69, 9.17) is 4.74 Å². The van der Waals surface area contributed by atoms with Crippen LogP contribution in [-0.4, -0.2) is 30.8 Å². The molecule has 0 bridgehead atoms. The van der Waals surface area contributed by atoms with Crippen molar-refractivity contribution in [3.05, 3.63) is 89.5 Å². The van der Waals surface area contributed by atoms with Crippen LogP contribution in [0, 0.1) is 0 Å². The van der Waals surface area contributed by atoms with E-state index in [-0.39, 0.29) is 23.7 Å². The summed E-state index contributed by atoms with van der Waals surface area (Å²) in [7, 11) is 0. The first kappa shape index (κ1) is 30.5. The van der Waals surface area contributed by atoms with Gasteiger partial charge in [-0.05, 0) is 79.7 Å². The SMILES string of the molecule is CCOC(=O)[C@H]1N(c2ccc(C(F)(F)F)cc2)C(=O)[C@@H](Nc2ccc(C(F)(F)F)cc2)N1c1ccc(C(F)(F)F)cc1. The van der Waals surface area contributed by atoms with Crippen LogP contribution >= 0.6 is 0 Å². The highest BCUT2D eigenvalue weighted by Crippen LogP contribution is 2.38. The summed E-state index contributed by atoms with van der Waals surface area (Å²) >= 11 is 0. The molecule has 3 aromatic rings. The normalized spacial score (nSPS) is 17.9. The van der Waals surface area contributed by atoms with Gasteiger partial charge in [-0.3, -0.25) is 9.69 Å². The molecule has 42 heavy (non-hydrogen) atoms. The predicted octanol–water partition coefficient (Wildman–Crippen LogP) is 6.92. The summed E-state index contributed by atoms with van der Waals surface area (Å²) in [6, 6.07) is 9.98. The molecule has 6 nitrogen and oxygen atoms in total. The van der Waals surface area contributed by atoms with Crippen LogP contribution in [0.3, 0.4) is 0 Å². The maximum absolute atomic E-state index is 13.8. The molecule has 1 saturated heterocycles. The molecule has 1 aliphatic rings. The number of benzene rings is 3. The summed E-state index contributed by atoms with van der Waals surface area (Å²) in [5, 5.41) is 2.68. The van der Waals surface area contributed by atoms with Gasteiger partial charge in [-0.15, -0.1) is 0 Å². The topological polar surface area (TPSA) is 61.9 Å². The molecule has 15 heteroatoms. The van der Waals surface area contributed by atoms with Gasteiger partial charge in [-0.2, -0.15) is 39.5 Å². The maximum atomic E-state index is 13.8. The average molecular weight is 605 g/mol. The van der Waals surface area contributed by atoms with Gasteiger partial charge in [-0.1, -0.05) is 0 Å². The Kier molecular flexibility index (Phi) is 8.07. The van der Waals surface area contributed by atoms with Crippen molar-refractivity contribution >= 4 is 28.9 Å². The molecule has 0 unspecified atom stereocenters. The van der Waals surface area contributed by atoms with Gasteiger partial charge >= 0.3 is 24.5 Å². The van der Waals surface area contributed by atoms with Gasteiger partial charge in [0.2, 0.25) is 6.17 Å². The van der Waals surface area contributed by atoms with E-state index in [9.17, 15) is 49.1 Å². The van der Waals surface area contributed by atoms with Crippen LogP contribution in [-0.2, 0) is 32.9 Å². The van der Waals surface area contributed by atoms with E-state index in [0.717, 1.165) is 58.3 Å². The second kappa shape index (κ2) is 11.1. The van der Waals surface area contributed by atoms with E-state index >= 15 is 0 Å². The van der Waals surface area contributed by atoms with E-state index in [2.05, 4.69) is 5.32 Å². The minimum Gasteiger partial charge on any atom is -0.463 e. The number of ether oxygens (including phenoxy) is 1. The molecule has 1 N–H and O–H groups in total. The molecule has 1 aliphatic heterocycles. The third-order valence-electron chi connectivity index (χ3n) is 6.24. The number of nitrogens with zero attached hydrogens (tertiary/aromatic N) is 2. The number of carbonyl (C=O) groups excluding carboxylic acids is 2. The number of hydrogen-bond acceptors (Lipinski definition) is 5. The summed E-state index contributed by atoms with van der Waals surface area (Å²) in [5.41, 5.74) is -3.41. The molecular formula is C27H20F9N3O3. The van der Waals surface area contributed by atoms with Gasteiger partial charge in [0.1, 0.15) is 0 Å². The quantitative estimate of drug-likeness (QED) is 0.244. The highest BCUT2D eigenvalue weighted by molar-refractivity contribution is 6.10. The minimum absolute atomic E-state index is 0.0323. The van der Waals surface area contributed by atoms with E-state index in [1.54, 1.807) is 0 Å². The first-order chi connectivity index (χ1) is 19.5. The Morgan fingerprint density at radius 1 is 0.714 bits per heavy atom. The van der Waals surface area contributed by atoms with Crippen molar-refractivity contribution in [1.82, 2.24) is 0 Å². The Hall–Kier alpha value is -4.43. The number of alkyl halides is 9. The fourth-order valence-electron chi connectivity index (χ4n) is 4.31. The number of esters is 1. The number of amides is 1. The predicted molar refractivity (Wildman–Crippen MR) is 132 cm³/mol. The van der Waals surface area contributed by atoms with E-state index < -0.39 is 59.4 Å². The van der Waals surface area contributed by atoms with Gasteiger partial charge in [0.15, 0.2) is 6.17 Å². The molecule has 0 aromatic heterocycles. The van der Waals surface area contributed by atoms with Crippen LogP contribution < -0.4 is 15.1 Å². The zero-order valence-corrected chi connectivity index (χ0v) is 21.3. The zero-order valence-electron chi connectivity index (χ0n) is 21.3. The van der Waals surface area contributed by atoms with Crippen LogP contribution in [0.2, 0.25) is 0 Å². The highest BCUT2D eigenvalue weighted by atomic mass is 19.4. The third kappa shape index (κ3) is 6.24.